The van der Waals surface area contributed by atoms with Crippen LogP contribution in [0.4, 0.5) is 4.79 Å². The highest BCUT2D eigenvalue weighted by Crippen LogP contribution is 2.28. The number of carbonyl (C=O) groups excluding carboxylic acids is 2. The molecule has 6 heteroatoms. The van der Waals surface area contributed by atoms with Crippen molar-refractivity contribution in [2.75, 3.05) is 5.75 Å². The molecule has 0 radical (unpaired) electrons. The van der Waals surface area contributed by atoms with Crippen molar-refractivity contribution >= 4 is 23.0 Å². The van der Waals surface area contributed by atoms with E-state index in [1.807, 2.05) is 0 Å². The molecule has 0 aliphatic carbocycles. The van der Waals surface area contributed by atoms with Crippen LogP contribution in [0.5, 0.6) is 0 Å². The number of Topliss-reactive ketones (excluding diaryl/α,β-unsaturated/α-hetero) is 1. The van der Waals surface area contributed by atoms with Crippen LogP contribution in [-0.2, 0) is 16.0 Å². The molecule has 0 saturated carbocycles. The summed E-state index contributed by atoms with van der Waals surface area (Å²) in [5, 5.41) is 5.63. The van der Waals surface area contributed by atoms with Gasteiger partial charge in [-0.25, -0.2) is 4.79 Å². The third-order valence-corrected chi connectivity index (χ3v) is 6.02. The molecule has 2 N–H and O–H groups in total. The van der Waals surface area contributed by atoms with Gasteiger partial charge in [-0.2, -0.15) is 0 Å². The van der Waals surface area contributed by atoms with E-state index >= 15 is 0 Å². The summed E-state index contributed by atoms with van der Waals surface area (Å²) in [6, 6.07) is -0.202. The number of nitrogens with one attached hydrogen (secondary N) is 2. The minimum Gasteiger partial charge on any atom is -0.616 e. The van der Waals surface area contributed by atoms with Crippen molar-refractivity contribution in [3.05, 3.63) is 24.3 Å². The lowest BCUT2D eigenvalue weighted by Crippen LogP contribution is -2.39. The Kier molecular flexibility index (Phi) is 5.11. The molecule has 4 atom stereocenters. The predicted octanol–water partition coefficient (Wildman–Crippen LogP) is 1.43. The monoisotopic (exact) mass is 310 g/mol. The number of allylic oxidation sites excluding steroid dienone is 2. The van der Waals surface area contributed by atoms with Crippen LogP contribution in [-0.4, -0.2) is 39.5 Å². The Hall–Kier alpha value is -1.27. The summed E-state index contributed by atoms with van der Waals surface area (Å²) in [5.74, 6) is 0.559. The van der Waals surface area contributed by atoms with E-state index in [2.05, 4.69) is 23.8 Å². The zero-order valence-electron chi connectivity index (χ0n) is 12.3. The highest BCUT2D eigenvalue weighted by molar-refractivity contribution is 7.92. The molecule has 21 heavy (non-hydrogen) atoms. The summed E-state index contributed by atoms with van der Waals surface area (Å²) in [7, 11) is 0. The molecule has 0 spiro atoms. The first-order valence-electron chi connectivity index (χ1n) is 7.22. The number of amides is 2. The Morgan fingerprint density at radius 2 is 2.10 bits per heavy atom. The van der Waals surface area contributed by atoms with Crippen molar-refractivity contribution < 1.29 is 14.1 Å². The quantitative estimate of drug-likeness (QED) is 0.245. The van der Waals surface area contributed by atoms with E-state index in [1.165, 1.54) is 0 Å². The highest BCUT2D eigenvalue weighted by atomic mass is 32.2. The van der Waals surface area contributed by atoms with Gasteiger partial charge in [-0.1, -0.05) is 13.2 Å². The lowest BCUT2D eigenvalue weighted by molar-refractivity contribution is -0.115. The minimum absolute atomic E-state index is 0.00612. The number of fused-ring (bicyclic) bond motifs is 1. The van der Waals surface area contributed by atoms with Gasteiger partial charge in [0.1, 0.15) is 23.1 Å². The van der Waals surface area contributed by atoms with E-state index < -0.39 is 11.2 Å². The van der Waals surface area contributed by atoms with Crippen molar-refractivity contribution in [2.24, 2.45) is 0 Å². The van der Waals surface area contributed by atoms with Gasteiger partial charge in [-0.15, -0.1) is 0 Å². The Balaban J connectivity index is 1.73. The fourth-order valence-electron chi connectivity index (χ4n) is 2.84. The van der Waals surface area contributed by atoms with Crippen LogP contribution in [0.15, 0.2) is 24.3 Å². The molecule has 0 aromatic carbocycles. The summed E-state index contributed by atoms with van der Waals surface area (Å²) in [4.78, 5) is 23.1. The van der Waals surface area contributed by atoms with Crippen molar-refractivity contribution in [2.45, 2.75) is 49.9 Å². The lowest BCUT2D eigenvalue weighted by Gasteiger charge is -2.18. The standard InChI is InChI=1S/C15H22N2O3S/c1-9(2)10(3)12(18)6-4-5-7-13-14-11(8-21(13)20)16-15(19)17-14/h11,13-14H,1,3-8H2,2H3,(H2,16,17,19)/t11-,13-,14-,21?/m0/s1. The van der Waals surface area contributed by atoms with E-state index in [0.717, 1.165) is 19.3 Å². The fraction of sp³-hybridized carbons (Fsp3) is 0.600. The average Bonchev–Trinajstić information content (AvgIpc) is 2.89. The maximum atomic E-state index is 12.0. The van der Waals surface area contributed by atoms with Gasteiger partial charge in [0.25, 0.3) is 0 Å². The van der Waals surface area contributed by atoms with Crippen LogP contribution in [0.25, 0.3) is 0 Å². The van der Waals surface area contributed by atoms with Gasteiger partial charge in [-0.05, 0) is 42.9 Å². The summed E-state index contributed by atoms with van der Waals surface area (Å²) in [6.45, 7) is 9.21. The zero-order chi connectivity index (χ0) is 15.6. The lowest BCUT2D eigenvalue weighted by atomic mass is 9.99. The molecule has 2 saturated heterocycles. The van der Waals surface area contributed by atoms with Gasteiger partial charge >= 0.3 is 6.03 Å². The summed E-state index contributed by atoms with van der Waals surface area (Å²) in [5.41, 5.74) is 1.20. The Morgan fingerprint density at radius 1 is 1.38 bits per heavy atom. The minimum atomic E-state index is -0.908. The summed E-state index contributed by atoms with van der Waals surface area (Å²) >= 11 is -0.908. The third-order valence-electron chi connectivity index (χ3n) is 4.12. The van der Waals surface area contributed by atoms with Crippen LogP contribution in [0.2, 0.25) is 0 Å². The van der Waals surface area contributed by atoms with Gasteiger partial charge in [0.15, 0.2) is 5.78 Å². The molecule has 2 amide bonds. The first-order valence-corrected chi connectivity index (χ1v) is 8.60. The number of rotatable bonds is 7. The molecule has 2 rings (SSSR count). The van der Waals surface area contributed by atoms with Crippen LogP contribution in [0.3, 0.4) is 0 Å². The number of urea groups is 1. The maximum Gasteiger partial charge on any atom is 0.315 e. The number of hydrogen-bond acceptors (Lipinski definition) is 3. The normalized spacial score (nSPS) is 30.5. The van der Waals surface area contributed by atoms with Gasteiger partial charge < -0.3 is 15.2 Å². The van der Waals surface area contributed by atoms with Crippen molar-refractivity contribution in [3.8, 4) is 0 Å². The Bertz CT molecular complexity index is 478. The molecule has 2 aliphatic rings. The van der Waals surface area contributed by atoms with E-state index in [-0.39, 0.29) is 29.1 Å². The predicted molar refractivity (Wildman–Crippen MR) is 83.5 cm³/mol. The molecule has 0 aromatic rings. The number of carbonyl (C=O) groups is 2. The van der Waals surface area contributed by atoms with Crippen LogP contribution in [0, 0.1) is 0 Å². The number of hydrogen-bond donors (Lipinski definition) is 2. The average molecular weight is 310 g/mol. The van der Waals surface area contributed by atoms with Gasteiger partial charge in [0.05, 0.1) is 0 Å². The second-order valence-corrected chi connectivity index (χ2v) is 7.46. The van der Waals surface area contributed by atoms with Gasteiger partial charge in [0, 0.05) is 12.0 Å². The molecule has 0 bridgehead atoms. The number of ketones is 1. The second kappa shape index (κ2) is 6.66. The Labute approximate surface area is 128 Å². The zero-order valence-corrected chi connectivity index (χ0v) is 13.1. The maximum absolute atomic E-state index is 12.0. The van der Waals surface area contributed by atoms with Crippen molar-refractivity contribution in [1.82, 2.24) is 10.6 Å². The molecule has 2 aliphatic heterocycles. The van der Waals surface area contributed by atoms with E-state index in [9.17, 15) is 14.1 Å². The first kappa shape index (κ1) is 16.1. The van der Waals surface area contributed by atoms with E-state index in [1.54, 1.807) is 6.92 Å². The molecule has 0 aromatic heterocycles. The molecule has 2 fully saturated rings. The molecule has 116 valence electrons. The largest absolute Gasteiger partial charge is 0.616 e. The molecule has 1 unspecified atom stereocenters. The smallest absolute Gasteiger partial charge is 0.315 e. The van der Waals surface area contributed by atoms with Crippen LogP contribution < -0.4 is 10.6 Å². The molecular weight excluding hydrogens is 288 g/mol. The topological polar surface area (TPSA) is 81.3 Å². The highest BCUT2D eigenvalue weighted by Gasteiger charge is 2.50. The van der Waals surface area contributed by atoms with Crippen molar-refractivity contribution in [3.63, 3.8) is 0 Å². The van der Waals surface area contributed by atoms with Crippen LogP contribution in [0.1, 0.15) is 32.6 Å². The van der Waals surface area contributed by atoms with E-state index in [4.69, 9.17) is 0 Å². The summed E-state index contributed by atoms with van der Waals surface area (Å²) in [6.07, 6.45) is 2.79. The summed E-state index contributed by atoms with van der Waals surface area (Å²) < 4.78 is 12.0. The SMILES string of the molecule is C=C(C)C(=C)C(=O)CCCC[C@H]1[C@H]2NC(=O)N[C@H]2C[S+]1[O-]. The molecule has 2 heterocycles. The number of unbranched alkanes of at least 4 members (excludes halogenated alkanes) is 1. The van der Waals surface area contributed by atoms with E-state index in [0.29, 0.717) is 23.3 Å². The Morgan fingerprint density at radius 3 is 2.76 bits per heavy atom. The molecular formula is C15H22N2O3S. The molecule has 5 nitrogen and oxygen atoms in total. The van der Waals surface area contributed by atoms with Crippen LogP contribution >= 0.6 is 0 Å². The van der Waals surface area contributed by atoms with Gasteiger partial charge in [0.2, 0.25) is 0 Å². The van der Waals surface area contributed by atoms with Crippen molar-refractivity contribution in [1.29, 1.82) is 0 Å². The first-order chi connectivity index (χ1) is 9.90. The van der Waals surface area contributed by atoms with Gasteiger partial charge in [-0.3, -0.25) is 4.79 Å². The fourth-order valence-corrected chi connectivity index (χ4v) is 4.75. The second-order valence-electron chi connectivity index (χ2n) is 5.76. The third kappa shape index (κ3) is 3.68.